The first-order chi connectivity index (χ1) is 7.90. The van der Waals surface area contributed by atoms with Gasteiger partial charge in [0, 0.05) is 7.05 Å². The van der Waals surface area contributed by atoms with Crippen LogP contribution in [0, 0.1) is 12.8 Å². The molecule has 0 saturated carbocycles. The fourth-order valence-corrected chi connectivity index (χ4v) is 1.64. The van der Waals surface area contributed by atoms with Crippen LogP contribution in [0.4, 0.5) is 0 Å². The Kier molecular flexibility index (Phi) is 4.62. The van der Waals surface area contributed by atoms with Gasteiger partial charge < -0.3 is 10.6 Å². The third-order valence-corrected chi connectivity index (χ3v) is 2.44. The lowest BCUT2D eigenvalue weighted by Gasteiger charge is -2.21. The third kappa shape index (κ3) is 4.14. The minimum atomic E-state index is -0.444. The molecule has 1 aromatic heterocycles. The Morgan fingerprint density at radius 1 is 1.53 bits per heavy atom. The van der Waals surface area contributed by atoms with Crippen molar-refractivity contribution in [1.82, 2.24) is 20.1 Å². The number of carbonyl (C=O) groups excluding carboxylic acids is 1. The van der Waals surface area contributed by atoms with Crippen LogP contribution in [0.25, 0.3) is 0 Å². The molecule has 17 heavy (non-hydrogen) atoms. The zero-order chi connectivity index (χ0) is 13.0. The highest BCUT2D eigenvalue weighted by atomic mass is 16.2. The van der Waals surface area contributed by atoms with Gasteiger partial charge in [0.1, 0.15) is 5.82 Å². The Bertz CT molecular complexity index is 374. The number of rotatable bonds is 5. The maximum atomic E-state index is 11.9. The molecule has 0 aromatic carbocycles. The number of nitrogens with two attached hydrogens (primary N) is 1. The number of aromatic amines is 1. The molecular weight excluding hydrogens is 218 g/mol. The molecule has 96 valence electrons. The van der Waals surface area contributed by atoms with Crippen molar-refractivity contribution in [3.8, 4) is 0 Å². The molecule has 0 radical (unpaired) electrons. The molecular formula is C11H21N5O. The molecule has 6 nitrogen and oxygen atoms in total. The maximum Gasteiger partial charge on any atom is 0.239 e. The molecule has 0 aliphatic heterocycles. The zero-order valence-corrected chi connectivity index (χ0v) is 10.9. The van der Waals surface area contributed by atoms with Crippen molar-refractivity contribution in [3.05, 3.63) is 11.6 Å². The molecule has 1 heterocycles. The van der Waals surface area contributed by atoms with Crippen LogP contribution in [-0.4, -0.2) is 39.1 Å². The van der Waals surface area contributed by atoms with Crippen molar-refractivity contribution in [2.24, 2.45) is 11.7 Å². The van der Waals surface area contributed by atoms with Crippen molar-refractivity contribution in [2.75, 3.05) is 7.05 Å². The van der Waals surface area contributed by atoms with Gasteiger partial charge in [-0.3, -0.25) is 9.89 Å². The first-order valence-corrected chi connectivity index (χ1v) is 5.78. The summed E-state index contributed by atoms with van der Waals surface area (Å²) in [5.41, 5.74) is 5.84. The Labute approximate surface area is 102 Å². The van der Waals surface area contributed by atoms with Crippen LogP contribution in [0.15, 0.2) is 0 Å². The lowest BCUT2D eigenvalue weighted by molar-refractivity contribution is -0.132. The Hall–Kier alpha value is -1.43. The molecule has 0 unspecified atom stereocenters. The molecule has 0 saturated heterocycles. The summed E-state index contributed by atoms with van der Waals surface area (Å²) in [5, 5.41) is 6.73. The van der Waals surface area contributed by atoms with Gasteiger partial charge in [0.15, 0.2) is 5.82 Å². The number of nitrogens with zero attached hydrogens (tertiary/aromatic N) is 3. The molecule has 0 bridgehead atoms. The second-order valence-electron chi connectivity index (χ2n) is 4.77. The van der Waals surface area contributed by atoms with Crippen LogP contribution in [0.2, 0.25) is 0 Å². The molecule has 1 atom stereocenters. The van der Waals surface area contributed by atoms with Gasteiger partial charge in [0.2, 0.25) is 5.91 Å². The number of hydrogen-bond donors (Lipinski definition) is 2. The van der Waals surface area contributed by atoms with Crippen molar-refractivity contribution in [2.45, 2.75) is 39.8 Å². The predicted molar refractivity (Wildman–Crippen MR) is 65.0 cm³/mol. The van der Waals surface area contributed by atoms with E-state index in [1.165, 1.54) is 0 Å². The summed E-state index contributed by atoms with van der Waals surface area (Å²) in [7, 11) is 1.72. The molecule has 0 spiro atoms. The summed E-state index contributed by atoms with van der Waals surface area (Å²) in [6.45, 7) is 6.30. The Morgan fingerprint density at radius 3 is 2.65 bits per heavy atom. The monoisotopic (exact) mass is 239 g/mol. The van der Waals surface area contributed by atoms with Crippen LogP contribution >= 0.6 is 0 Å². The minimum Gasteiger partial charge on any atom is -0.337 e. The second-order valence-corrected chi connectivity index (χ2v) is 4.77. The third-order valence-electron chi connectivity index (χ3n) is 2.44. The number of carbonyl (C=O) groups is 1. The standard InChI is InChI=1S/C11H21N5O/c1-7(2)5-9(12)11(17)16(4)6-10-13-8(3)14-15-10/h7,9H,5-6,12H2,1-4H3,(H,13,14,15)/t9-/m1/s1. The molecule has 1 aromatic rings. The van der Waals surface area contributed by atoms with Crippen molar-refractivity contribution in [1.29, 1.82) is 0 Å². The molecule has 6 heteroatoms. The molecule has 0 aliphatic carbocycles. The van der Waals surface area contributed by atoms with Gasteiger partial charge in [-0.15, -0.1) is 0 Å². The van der Waals surface area contributed by atoms with E-state index in [0.29, 0.717) is 24.7 Å². The van der Waals surface area contributed by atoms with Crippen LogP contribution in [-0.2, 0) is 11.3 Å². The topological polar surface area (TPSA) is 87.9 Å². The molecule has 1 rings (SSSR count). The van der Waals surface area contributed by atoms with E-state index in [4.69, 9.17) is 5.73 Å². The summed E-state index contributed by atoms with van der Waals surface area (Å²) >= 11 is 0. The lowest BCUT2D eigenvalue weighted by atomic mass is 10.0. The SMILES string of the molecule is Cc1nc(CN(C)C(=O)[C@H](N)CC(C)C)n[nH]1. The summed E-state index contributed by atoms with van der Waals surface area (Å²) < 4.78 is 0. The highest BCUT2D eigenvalue weighted by Gasteiger charge is 2.20. The van der Waals surface area contributed by atoms with Gasteiger partial charge in [-0.25, -0.2) is 4.98 Å². The summed E-state index contributed by atoms with van der Waals surface area (Å²) in [6.07, 6.45) is 0.691. The van der Waals surface area contributed by atoms with Gasteiger partial charge in [0.05, 0.1) is 12.6 Å². The summed E-state index contributed by atoms with van der Waals surface area (Å²) in [5.74, 6) is 1.69. The smallest absolute Gasteiger partial charge is 0.239 e. The number of hydrogen-bond acceptors (Lipinski definition) is 4. The number of H-pyrrole nitrogens is 1. The van der Waals surface area contributed by atoms with E-state index in [0.717, 1.165) is 5.82 Å². The summed E-state index contributed by atoms with van der Waals surface area (Å²) in [4.78, 5) is 17.6. The number of aryl methyl sites for hydroxylation is 1. The van der Waals surface area contributed by atoms with E-state index in [9.17, 15) is 4.79 Å². The van der Waals surface area contributed by atoms with E-state index < -0.39 is 6.04 Å². The number of aromatic nitrogens is 3. The van der Waals surface area contributed by atoms with E-state index in [1.54, 1.807) is 11.9 Å². The molecule has 3 N–H and O–H groups in total. The van der Waals surface area contributed by atoms with Gasteiger partial charge in [-0.1, -0.05) is 13.8 Å². The average molecular weight is 239 g/mol. The molecule has 1 amide bonds. The van der Waals surface area contributed by atoms with Crippen LogP contribution in [0.1, 0.15) is 31.9 Å². The van der Waals surface area contributed by atoms with Gasteiger partial charge in [-0.05, 0) is 19.3 Å². The summed E-state index contributed by atoms with van der Waals surface area (Å²) in [6, 6.07) is -0.444. The normalized spacial score (nSPS) is 12.8. The highest BCUT2D eigenvalue weighted by Crippen LogP contribution is 2.06. The fraction of sp³-hybridized carbons (Fsp3) is 0.727. The van der Waals surface area contributed by atoms with Gasteiger partial charge in [0.25, 0.3) is 0 Å². The maximum absolute atomic E-state index is 11.9. The number of likely N-dealkylation sites (N-methyl/N-ethyl adjacent to an activating group) is 1. The first kappa shape index (κ1) is 13.6. The predicted octanol–water partition coefficient (Wildman–Crippen LogP) is 0.445. The minimum absolute atomic E-state index is 0.0684. The van der Waals surface area contributed by atoms with Crippen molar-refractivity contribution >= 4 is 5.91 Å². The van der Waals surface area contributed by atoms with E-state index in [1.807, 2.05) is 20.8 Å². The van der Waals surface area contributed by atoms with E-state index >= 15 is 0 Å². The zero-order valence-electron chi connectivity index (χ0n) is 10.9. The second kappa shape index (κ2) is 5.77. The van der Waals surface area contributed by atoms with Gasteiger partial charge in [-0.2, -0.15) is 5.10 Å². The molecule has 0 aliphatic rings. The lowest BCUT2D eigenvalue weighted by Crippen LogP contribution is -2.42. The van der Waals surface area contributed by atoms with E-state index in [2.05, 4.69) is 15.2 Å². The molecule has 0 fully saturated rings. The Morgan fingerprint density at radius 2 is 2.18 bits per heavy atom. The average Bonchev–Trinajstić information content (AvgIpc) is 2.61. The van der Waals surface area contributed by atoms with Crippen molar-refractivity contribution < 1.29 is 4.79 Å². The fourth-order valence-electron chi connectivity index (χ4n) is 1.64. The largest absolute Gasteiger partial charge is 0.337 e. The van der Waals surface area contributed by atoms with Crippen LogP contribution < -0.4 is 5.73 Å². The van der Waals surface area contributed by atoms with Crippen LogP contribution in [0.5, 0.6) is 0 Å². The quantitative estimate of drug-likeness (QED) is 0.780. The van der Waals surface area contributed by atoms with Gasteiger partial charge >= 0.3 is 0 Å². The Balaban J connectivity index is 2.52. The highest BCUT2D eigenvalue weighted by molar-refractivity contribution is 5.81. The van der Waals surface area contributed by atoms with Crippen LogP contribution in [0.3, 0.4) is 0 Å². The number of amides is 1. The van der Waals surface area contributed by atoms with Crippen molar-refractivity contribution in [3.63, 3.8) is 0 Å². The van der Waals surface area contributed by atoms with E-state index in [-0.39, 0.29) is 5.91 Å². The number of nitrogens with one attached hydrogen (secondary N) is 1. The first-order valence-electron chi connectivity index (χ1n) is 5.78.